The average molecular weight is 205 g/mol. The Hall–Kier alpha value is -0.460. The van der Waals surface area contributed by atoms with Crippen molar-refractivity contribution < 1.29 is 9.47 Å². The minimum absolute atomic E-state index is 0.164. The maximum absolute atomic E-state index is 5.76. The standard InChI is InChI=1S/C8H10ClO2P/c1-10-6-4-3-5-7(11-2)8(6)12-9/h3-5,12H,1-2H3. The van der Waals surface area contributed by atoms with Crippen LogP contribution < -0.4 is 14.8 Å². The third-order valence-corrected chi connectivity index (χ3v) is 2.77. The highest BCUT2D eigenvalue weighted by molar-refractivity contribution is 7.75. The molecule has 2 nitrogen and oxygen atoms in total. The molecule has 0 saturated carbocycles. The summed E-state index contributed by atoms with van der Waals surface area (Å²) in [6, 6.07) is 5.61. The van der Waals surface area contributed by atoms with E-state index in [9.17, 15) is 0 Å². The van der Waals surface area contributed by atoms with E-state index in [2.05, 4.69) is 0 Å². The molecular formula is C8H10ClO2P. The smallest absolute Gasteiger partial charge is 0.131 e. The quantitative estimate of drug-likeness (QED) is 0.703. The van der Waals surface area contributed by atoms with E-state index in [1.54, 1.807) is 14.2 Å². The molecule has 1 unspecified atom stereocenters. The van der Waals surface area contributed by atoms with Crippen molar-refractivity contribution in [2.45, 2.75) is 0 Å². The minimum atomic E-state index is 0.164. The number of methoxy groups -OCH3 is 2. The summed E-state index contributed by atoms with van der Waals surface area (Å²) in [5.74, 6) is 1.56. The van der Waals surface area contributed by atoms with Crippen LogP contribution in [0.2, 0.25) is 0 Å². The SMILES string of the molecule is COc1cccc(OC)c1PCl. The Morgan fingerprint density at radius 1 is 1.17 bits per heavy atom. The van der Waals surface area contributed by atoms with Crippen LogP contribution in [-0.4, -0.2) is 14.2 Å². The fourth-order valence-electron chi connectivity index (χ4n) is 0.944. The van der Waals surface area contributed by atoms with Crippen molar-refractivity contribution in [3.8, 4) is 11.5 Å². The van der Waals surface area contributed by atoms with Gasteiger partial charge in [-0.3, -0.25) is 0 Å². The Morgan fingerprint density at radius 2 is 1.67 bits per heavy atom. The zero-order valence-corrected chi connectivity index (χ0v) is 8.68. The van der Waals surface area contributed by atoms with Gasteiger partial charge >= 0.3 is 0 Å². The highest BCUT2D eigenvalue weighted by Crippen LogP contribution is 2.29. The maximum Gasteiger partial charge on any atom is 0.131 e. The van der Waals surface area contributed by atoms with Gasteiger partial charge in [0.2, 0.25) is 0 Å². The van der Waals surface area contributed by atoms with E-state index in [0.717, 1.165) is 16.8 Å². The molecule has 0 aromatic heterocycles. The summed E-state index contributed by atoms with van der Waals surface area (Å²) in [5.41, 5.74) is 0. The summed E-state index contributed by atoms with van der Waals surface area (Å²) in [7, 11) is 3.40. The molecule has 0 heterocycles. The molecule has 1 atom stereocenters. The van der Waals surface area contributed by atoms with Crippen LogP contribution in [0.3, 0.4) is 0 Å². The molecule has 1 rings (SSSR count). The Bertz CT molecular complexity index is 243. The van der Waals surface area contributed by atoms with Crippen LogP contribution in [0.4, 0.5) is 0 Å². The van der Waals surface area contributed by atoms with Gasteiger partial charge in [-0.05, 0) is 12.1 Å². The fourth-order valence-corrected chi connectivity index (χ4v) is 2.06. The van der Waals surface area contributed by atoms with Crippen LogP contribution >= 0.6 is 19.2 Å². The first-order valence-corrected chi connectivity index (χ1v) is 5.42. The molecule has 66 valence electrons. The molecule has 0 amide bonds. The second-order valence-electron chi connectivity index (χ2n) is 2.13. The lowest BCUT2D eigenvalue weighted by Gasteiger charge is -2.09. The topological polar surface area (TPSA) is 18.5 Å². The fraction of sp³-hybridized carbons (Fsp3) is 0.250. The van der Waals surface area contributed by atoms with E-state index in [1.165, 1.54) is 0 Å². The number of ether oxygens (including phenoxy) is 2. The molecular weight excluding hydrogens is 195 g/mol. The number of halogens is 1. The Morgan fingerprint density at radius 3 is 2.00 bits per heavy atom. The maximum atomic E-state index is 5.76. The lowest BCUT2D eigenvalue weighted by Crippen LogP contribution is -2.03. The van der Waals surface area contributed by atoms with Gasteiger partial charge in [0.25, 0.3) is 0 Å². The summed E-state index contributed by atoms with van der Waals surface area (Å²) < 4.78 is 10.2. The molecule has 0 aliphatic rings. The first-order chi connectivity index (χ1) is 5.83. The van der Waals surface area contributed by atoms with Crippen LogP contribution in [0, 0.1) is 0 Å². The van der Waals surface area contributed by atoms with Gasteiger partial charge in [0.15, 0.2) is 0 Å². The summed E-state index contributed by atoms with van der Waals surface area (Å²) in [5, 5.41) is 0.921. The van der Waals surface area contributed by atoms with E-state index >= 15 is 0 Å². The van der Waals surface area contributed by atoms with Gasteiger partial charge in [0, 0.05) is 7.93 Å². The van der Waals surface area contributed by atoms with E-state index in [-0.39, 0.29) is 7.93 Å². The van der Waals surface area contributed by atoms with Crippen molar-refractivity contribution >= 4 is 24.5 Å². The minimum Gasteiger partial charge on any atom is -0.496 e. The molecule has 12 heavy (non-hydrogen) atoms. The molecule has 0 radical (unpaired) electrons. The van der Waals surface area contributed by atoms with Crippen LogP contribution in [0.15, 0.2) is 18.2 Å². The van der Waals surface area contributed by atoms with Crippen molar-refractivity contribution in [2.24, 2.45) is 0 Å². The lowest BCUT2D eigenvalue weighted by molar-refractivity contribution is 0.401. The first kappa shape index (κ1) is 9.63. The predicted molar refractivity (Wildman–Crippen MR) is 53.3 cm³/mol. The average Bonchev–Trinajstić information content (AvgIpc) is 2.16. The largest absolute Gasteiger partial charge is 0.496 e. The number of benzene rings is 1. The van der Waals surface area contributed by atoms with Gasteiger partial charge in [0.1, 0.15) is 11.5 Å². The molecule has 0 aliphatic carbocycles. The summed E-state index contributed by atoms with van der Waals surface area (Å²) in [6.07, 6.45) is 0. The van der Waals surface area contributed by atoms with Crippen LogP contribution in [0.5, 0.6) is 11.5 Å². The van der Waals surface area contributed by atoms with Gasteiger partial charge in [-0.25, -0.2) is 0 Å². The van der Waals surface area contributed by atoms with Gasteiger partial charge in [-0.15, -0.1) is 0 Å². The molecule has 0 N–H and O–H groups in total. The Labute approximate surface area is 78.4 Å². The second-order valence-corrected chi connectivity index (χ2v) is 3.39. The molecule has 0 fully saturated rings. The number of hydrogen-bond acceptors (Lipinski definition) is 2. The molecule has 0 saturated heterocycles. The van der Waals surface area contributed by atoms with Gasteiger partial charge < -0.3 is 9.47 Å². The van der Waals surface area contributed by atoms with E-state index < -0.39 is 0 Å². The lowest BCUT2D eigenvalue weighted by atomic mass is 10.3. The Kier molecular flexibility index (Phi) is 3.64. The molecule has 1 aromatic rings. The van der Waals surface area contributed by atoms with Crippen molar-refractivity contribution in [1.29, 1.82) is 0 Å². The number of rotatable bonds is 3. The van der Waals surface area contributed by atoms with E-state index in [0.29, 0.717) is 0 Å². The van der Waals surface area contributed by atoms with Crippen LogP contribution in [0.1, 0.15) is 0 Å². The monoisotopic (exact) mass is 204 g/mol. The molecule has 0 spiro atoms. The normalized spacial score (nSPS) is 10.6. The summed E-state index contributed by atoms with van der Waals surface area (Å²) in [4.78, 5) is 0. The van der Waals surface area contributed by atoms with Crippen LogP contribution in [-0.2, 0) is 0 Å². The molecule has 4 heteroatoms. The number of hydrogen-bond donors (Lipinski definition) is 0. The third kappa shape index (κ3) is 1.82. The zero-order chi connectivity index (χ0) is 8.97. The summed E-state index contributed by atoms with van der Waals surface area (Å²) in [6.45, 7) is 0. The van der Waals surface area contributed by atoms with Crippen molar-refractivity contribution in [1.82, 2.24) is 0 Å². The van der Waals surface area contributed by atoms with Crippen molar-refractivity contribution in [3.05, 3.63) is 18.2 Å². The van der Waals surface area contributed by atoms with E-state index in [4.69, 9.17) is 20.7 Å². The molecule has 0 bridgehead atoms. The second kappa shape index (κ2) is 4.54. The van der Waals surface area contributed by atoms with Gasteiger partial charge in [-0.1, -0.05) is 17.3 Å². The Balaban J connectivity index is 3.13. The van der Waals surface area contributed by atoms with E-state index in [1.807, 2.05) is 18.2 Å². The molecule has 0 aliphatic heterocycles. The summed E-state index contributed by atoms with van der Waals surface area (Å²) >= 11 is 5.76. The first-order valence-electron chi connectivity index (χ1n) is 3.41. The predicted octanol–water partition coefficient (Wildman–Crippen LogP) is 2.16. The highest BCUT2D eigenvalue weighted by atomic mass is 35.7. The third-order valence-electron chi connectivity index (χ3n) is 1.52. The molecule has 1 aromatic carbocycles. The zero-order valence-electron chi connectivity index (χ0n) is 6.93. The van der Waals surface area contributed by atoms with Crippen molar-refractivity contribution in [3.63, 3.8) is 0 Å². The van der Waals surface area contributed by atoms with Gasteiger partial charge in [-0.2, -0.15) is 0 Å². The van der Waals surface area contributed by atoms with Crippen LogP contribution in [0.25, 0.3) is 0 Å². The van der Waals surface area contributed by atoms with Crippen molar-refractivity contribution in [2.75, 3.05) is 14.2 Å². The van der Waals surface area contributed by atoms with Gasteiger partial charge in [0.05, 0.1) is 19.5 Å². The highest BCUT2D eigenvalue weighted by Gasteiger charge is 2.07.